The van der Waals surface area contributed by atoms with Gasteiger partial charge in [-0.3, -0.25) is 9.59 Å². The molecule has 5 nitrogen and oxygen atoms in total. The maximum Gasteiger partial charge on any atom is 0.251 e. The zero-order chi connectivity index (χ0) is 17.4. The molecule has 2 aromatic carbocycles. The number of ether oxygens (including phenoxy) is 1. The number of rotatable bonds is 7. The first kappa shape index (κ1) is 17.5. The lowest BCUT2D eigenvalue weighted by Crippen LogP contribution is -2.37. The molecule has 0 saturated heterocycles. The Morgan fingerprint density at radius 1 is 1.08 bits per heavy atom. The van der Waals surface area contributed by atoms with E-state index in [0.29, 0.717) is 13.0 Å². The van der Waals surface area contributed by atoms with Crippen LogP contribution in [0, 0.1) is 5.82 Å². The highest BCUT2D eigenvalue weighted by atomic mass is 19.1. The van der Waals surface area contributed by atoms with Crippen LogP contribution in [-0.2, 0) is 11.2 Å². The molecule has 0 saturated carbocycles. The summed E-state index contributed by atoms with van der Waals surface area (Å²) in [6.07, 6.45) is 0.619. The zero-order valence-electron chi connectivity index (χ0n) is 13.3. The third kappa shape index (κ3) is 5.08. The highest BCUT2D eigenvalue weighted by Gasteiger charge is 2.09. The van der Waals surface area contributed by atoms with E-state index >= 15 is 0 Å². The second kappa shape index (κ2) is 8.67. The number of halogens is 1. The molecule has 2 rings (SSSR count). The minimum Gasteiger partial charge on any atom is -0.496 e. The Labute approximate surface area is 139 Å². The number of amides is 2. The van der Waals surface area contributed by atoms with Crippen molar-refractivity contribution >= 4 is 11.8 Å². The molecule has 0 fully saturated rings. The van der Waals surface area contributed by atoms with Crippen LogP contribution in [0.3, 0.4) is 0 Å². The average Bonchev–Trinajstić information content (AvgIpc) is 2.60. The van der Waals surface area contributed by atoms with Gasteiger partial charge in [-0.25, -0.2) is 4.39 Å². The maximum atomic E-state index is 13.0. The van der Waals surface area contributed by atoms with Crippen LogP contribution < -0.4 is 15.4 Å². The molecule has 0 radical (unpaired) electrons. The summed E-state index contributed by atoms with van der Waals surface area (Å²) in [6, 6.07) is 12.9. The molecule has 0 aromatic heterocycles. The molecule has 0 unspecified atom stereocenters. The van der Waals surface area contributed by atoms with E-state index in [0.717, 1.165) is 17.4 Å². The second-order valence-corrected chi connectivity index (χ2v) is 5.10. The number of hydrogen-bond donors (Lipinski definition) is 2. The first-order valence-corrected chi connectivity index (χ1v) is 7.52. The van der Waals surface area contributed by atoms with Crippen LogP contribution in [0.5, 0.6) is 5.75 Å². The van der Waals surface area contributed by atoms with Crippen LogP contribution in [0.15, 0.2) is 48.5 Å². The number of para-hydroxylation sites is 1. The number of carbonyl (C=O) groups is 2. The van der Waals surface area contributed by atoms with E-state index in [1.807, 2.05) is 24.3 Å². The van der Waals surface area contributed by atoms with E-state index in [9.17, 15) is 14.0 Å². The predicted molar refractivity (Wildman–Crippen MR) is 88.4 cm³/mol. The van der Waals surface area contributed by atoms with Crippen LogP contribution in [0.25, 0.3) is 0 Å². The Morgan fingerprint density at radius 3 is 2.62 bits per heavy atom. The fraction of sp³-hybridized carbons (Fsp3) is 0.222. The van der Waals surface area contributed by atoms with Crippen LogP contribution in [0.4, 0.5) is 4.39 Å². The van der Waals surface area contributed by atoms with Gasteiger partial charge in [0, 0.05) is 12.1 Å². The fourth-order valence-electron chi connectivity index (χ4n) is 2.20. The van der Waals surface area contributed by atoms with Crippen LogP contribution >= 0.6 is 0 Å². The molecule has 0 aliphatic carbocycles. The highest BCUT2D eigenvalue weighted by Crippen LogP contribution is 2.17. The molecule has 2 aromatic rings. The van der Waals surface area contributed by atoms with Crippen molar-refractivity contribution in [2.24, 2.45) is 0 Å². The van der Waals surface area contributed by atoms with Crippen LogP contribution in [-0.4, -0.2) is 32.0 Å². The Hall–Kier alpha value is -2.89. The summed E-state index contributed by atoms with van der Waals surface area (Å²) in [6.45, 7) is 0.260. The van der Waals surface area contributed by atoms with Crippen molar-refractivity contribution in [1.29, 1.82) is 0 Å². The molecular formula is C18H19FN2O3. The normalized spacial score (nSPS) is 10.1. The van der Waals surface area contributed by atoms with Gasteiger partial charge in [0.1, 0.15) is 11.6 Å². The van der Waals surface area contributed by atoms with E-state index in [1.54, 1.807) is 7.11 Å². The van der Waals surface area contributed by atoms with E-state index in [1.165, 1.54) is 18.2 Å². The fourth-order valence-corrected chi connectivity index (χ4v) is 2.20. The van der Waals surface area contributed by atoms with Crippen LogP contribution in [0.1, 0.15) is 15.9 Å². The summed E-state index contributed by atoms with van der Waals surface area (Å²) < 4.78 is 18.3. The van der Waals surface area contributed by atoms with E-state index < -0.39 is 11.7 Å². The molecule has 0 spiro atoms. The Bertz CT molecular complexity index is 719. The van der Waals surface area contributed by atoms with Gasteiger partial charge in [-0.2, -0.15) is 0 Å². The molecule has 2 amide bonds. The van der Waals surface area contributed by atoms with Gasteiger partial charge < -0.3 is 15.4 Å². The number of carbonyl (C=O) groups excluding carboxylic acids is 2. The highest BCUT2D eigenvalue weighted by molar-refractivity contribution is 5.96. The van der Waals surface area contributed by atoms with E-state index in [-0.39, 0.29) is 18.0 Å². The van der Waals surface area contributed by atoms with Gasteiger partial charge in [0.15, 0.2) is 0 Å². The lowest BCUT2D eigenvalue weighted by Gasteiger charge is -2.09. The van der Waals surface area contributed by atoms with Crippen molar-refractivity contribution in [3.63, 3.8) is 0 Å². The first-order chi connectivity index (χ1) is 11.6. The number of nitrogens with one attached hydrogen (secondary N) is 2. The topological polar surface area (TPSA) is 67.4 Å². The van der Waals surface area contributed by atoms with Gasteiger partial charge in [0.2, 0.25) is 5.91 Å². The Balaban J connectivity index is 1.74. The monoisotopic (exact) mass is 330 g/mol. The molecule has 0 aliphatic heterocycles. The lowest BCUT2D eigenvalue weighted by molar-refractivity contribution is -0.120. The zero-order valence-corrected chi connectivity index (χ0v) is 13.3. The summed E-state index contributed by atoms with van der Waals surface area (Å²) in [7, 11) is 1.60. The smallest absolute Gasteiger partial charge is 0.251 e. The van der Waals surface area contributed by atoms with Crippen molar-refractivity contribution < 1.29 is 18.7 Å². The summed E-state index contributed by atoms with van der Waals surface area (Å²) >= 11 is 0. The van der Waals surface area contributed by atoms with E-state index in [2.05, 4.69) is 10.6 Å². The second-order valence-electron chi connectivity index (χ2n) is 5.10. The van der Waals surface area contributed by atoms with Crippen molar-refractivity contribution in [3.8, 4) is 5.75 Å². The summed E-state index contributed by atoms with van der Waals surface area (Å²) in [5.41, 5.74) is 1.17. The van der Waals surface area contributed by atoms with Gasteiger partial charge in [0.05, 0.1) is 13.7 Å². The van der Waals surface area contributed by atoms with Crippen LogP contribution in [0.2, 0.25) is 0 Å². The molecule has 2 N–H and O–H groups in total. The molecule has 0 heterocycles. The molecule has 126 valence electrons. The van der Waals surface area contributed by atoms with E-state index in [4.69, 9.17) is 4.74 Å². The Morgan fingerprint density at radius 2 is 1.88 bits per heavy atom. The van der Waals surface area contributed by atoms with Gasteiger partial charge in [-0.15, -0.1) is 0 Å². The SMILES string of the molecule is COc1ccccc1CCNC(=O)CNC(=O)c1cccc(F)c1. The molecule has 0 atom stereocenters. The van der Waals surface area contributed by atoms with Gasteiger partial charge in [0.25, 0.3) is 5.91 Å². The minimum atomic E-state index is -0.496. The molecular weight excluding hydrogens is 311 g/mol. The van der Waals surface area contributed by atoms with Gasteiger partial charge >= 0.3 is 0 Å². The molecule has 6 heteroatoms. The summed E-state index contributed by atoms with van der Waals surface area (Å²) in [5.74, 6) is -0.529. The quantitative estimate of drug-likeness (QED) is 0.815. The van der Waals surface area contributed by atoms with Crippen molar-refractivity contribution in [3.05, 3.63) is 65.5 Å². The van der Waals surface area contributed by atoms with Crippen molar-refractivity contribution in [1.82, 2.24) is 10.6 Å². The molecule has 24 heavy (non-hydrogen) atoms. The largest absolute Gasteiger partial charge is 0.496 e. The van der Waals surface area contributed by atoms with Crippen molar-refractivity contribution in [2.45, 2.75) is 6.42 Å². The summed E-state index contributed by atoms with van der Waals surface area (Å²) in [5, 5.41) is 5.17. The lowest BCUT2D eigenvalue weighted by atomic mass is 10.1. The Kier molecular flexibility index (Phi) is 6.31. The number of benzene rings is 2. The summed E-state index contributed by atoms with van der Waals surface area (Å²) in [4.78, 5) is 23.6. The molecule has 0 aliphatic rings. The number of hydrogen-bond acceptors (Lipinski definition) is 3. The number of methoxy groups -OCH3 is 1. The maximum absolute atomic E-state index is 13.0. The minimum absolute atomic E-state index is 0.165. The first-order valence-electron chi connectivity index (χ1n) is 7.52. The van der Waals surface area contributed by atoms with Gasteiger partial charge in [-0.1, -0.05) is 24.3 Å². The predicted octanol–water partition coefficient (Wildman–Crippen LogP) is 1.92. The van der Waals surface area contributed by atoms with Gasteiger partial charge in [-0.05, 0) is 36.2 Å². The van der Waals surface area contributed by atoms with Crippen molar-refractivity contribution in [2.75, 3.05) is 20.2 Å². The third-order valence-corrected chi connectivity index (χ3v) is 3.41. The standard InChI is InChI=1S/C18H19FN2O3/c1-24-16-8-3-2-5-13(16)9-10-20-17(22)12-21-18(23)14-6-4-7-15(19)11-14/h2-8,11H,9-10,12H2,1H3,(H,20,22)(H,21,23). The average molecular weight is 330 g/mol. The molecule has 0 bridgehead atoms. The third-order valence-electron chi connectivity index (χ3n) is 3.41.